The van der Waals surface area contributed by atoms with Gasteiger partial charge in [-0.05, 0) is 58.4 Å². The zero-order chi connectivity index (χ0) is 13.5. The fourth-order valence-electron chi connectivity index (χ4n) is 2.90. The molecule has 0 aromatic heterocycles. The average molecular weight is 253 g/mol. The van der Waals surface area contributed by atoms with Crippen LogP contribution >= 0.6 is 0 Å². The van der Waals surface area contributed by atoms with Gasteiger partial charge in [-0.15, -0.1) is 0 Å². The second-order valence-electron chi connectivity index (χ2n) is 6.01. The van der Waals surface area contributed by atoms with E-state index in [9.17, 15) is 9.59 Å². The van der Waals surface area contributed by atoms with E-state index in [0.29, 0.717) is 23.4 Å². The molecule has 0 N–H and O–H groups in total. The highest BCUT2D eigenvalue weighted by molar-refractivity contribution is 5.75. The third kappa shape index (κ3) is 6.29. The Bertz CT molecular complexity index is 260. The monoisotopic (exact) mass is 253 g/mol. The number of hydrogen-bond acceptors (Lipinski definition) is 3. The first-order valence-corrected chi connectivity index (χ1v) is 7.14. The lowest BCUT2D eigenvalue weighted by Gasteiger charge is -2.21. The molecule has 104 valence electrons. The molecule has 3 heteroatoms. The summed E-state index contributed by atoms with van der Waals surface area (Å²) in [6, 6.07) is 0. The first kappa shape index (κ1) is 15.4. The summed E-state index contributed by atoms with van der Waals surface area (Å²) in [6.07, 6.45) is 5.91. The number of carbonyl (C=O) groups excluding carboxylic acids is 2. The lowest BCUT2D eigenvalue weighted by atomic mass is 9.91. The molecule has 0 unspecified atom stereocenters. The van der Waals surface area contributed by atoms with Crippen molar-refractivity contribution in [2.24, 2.45) is 11.8 Å². The van der Waals surface area contributed by atoms with Crippen LogP contribution in [0.3, 0.4) is 0 Å². The third-order valence-corrected chi connectivity index (χ3v) is 3.93. The zero-order valence-corrected chi connectivity index (χ0v) is 12.1. The molecule has 1 aliphatic rings. The van der Waals surface area contributed by atoms with Crippen LogP contribution in [0.5, 0.6) is 0 Å². The van der Waals surface area contributed by atoms with Crippen LogP contribution in [-0.2, 0) is 9.59 Å². The highest BCUT2D eigenvalue weighted by atomic mass is 16.1. The summed E-state index contributed by atoms with van der Waals surface area (Å²) >= 11 is 0. The first-order chi connectivity index (χ1) is 8.47. The quantitative estimate of drug-likeness (QED) is 0.730. The molecule has 0 bridgehead atoms. The van der Waals surface area contributed by atoms with Crippen molar-refractivity contribution in [1.29, 1.82) is 0 Å². The van der Waals surface area contributed by atoms with Gasteiger partial charge in [-0.1, -0.05) is 0 Å². The molecular formula is C15H27NO2. The Kier molecular flexibility index (Phi) is 6.55. The maximum Gasteiger partial charge on any atom is 0.129 e. The van der Waals surface area contributed by atoms with Crippen molar-refractivity contribution in [3.8, 4) is 0 Å². The van der Waals surface area contributed by atoms with Crippen LogP contribution in [0.4, 0.5) is 0 Å². The molecule has 1 saturated heterocycles. The molecule has 3 nitrogen and oxygen atoms in total. The third-order valence-electron chi connectivity index (χ3n) is 3.93. The van der Waals surface area contributed by atoms with Crippen LogP contribution < -0.4 is 0 Å². The molecule has 1 fully saturated rings. The Hall–Kier alpha value is -0.700. The van der Waals surface area contributed by atoms with E-state index in [0.717, 1.165) is 38.8 Å². The zero-order valence-electron chi connectivity index (χ0n) is 12.1. The molecule has 0 spiro atoms. The Morgan fingerprint density at radius 1 is 0.944 bits per heavy atom. The number of Topliss-reactive ketones (excluding diaryl/α,β-unsaturated/α-hetero) is 2. The van der Waals surface area contributed by atoms with E-state index in [4.69, 9.17) is 0 Å². The van der Waals surface area contributed by atoms with Gasteiger partial charge in [0.2, 0.25) is 0 Å². The van der Waals surface area contributed by atoms with Crippen molar-refractivity contribution >= 4 is 11.6 Å². The summed E-state index contributed by atoms with van der Waals surface area (Å²) in [6.45, 7) is 5.56. The maximum absolute atomic E-state index is 11.0. The minimum Gasteiger partial charge on any atom is -0.306 e. The average Bonchev–Trinajstić information content (AvgIpc) is 2.45. The number of nitrogens with zero attached hydrogens (tertiary/aromatic N) is 1. The first-order valence-electron chi connectivity index (χ1n) is 7.14. The van der Waals surface area contributed by atoms with Gasteiger partial charge in [-0.25, -0.2) is 0 Å². The number of hydrogen-bond donors (Lipinski definition) is 0. The number of ketones is 2. The highest BCUT2D eigenvalue weighted by Crippen LogP contribution is 2.26. The molecule has 1 rings (SSSR count). The predicted octanol–water partition coefficient (Wildman–Crippen LogP) is 2.68. The van der Waals surface area contributed by atoms with Crippen molar-refractivity contribution in [1.82, 2.24) is 4.90 Å². The van der Waals surface area contributed by atoms with Gasteiger partial charge in [0.25, 0.3) is 0 Å². The van der Waals surface area contributed by atoms with Gasteiger partial charge in [0.05, 0.1) is 0 Å². The summed E-state index contributed by atoms with van der Waals surface area (Å²) in [4.78, 5) is 24.5. The van der Waals surface area contributed by atoms with Crippen LogP contribution in [0, 0.1) is 11.8 Å². The molecular weight excluding hydrogens is 226 g/mol. The maximum atomic E-state index is 11.0. The smallest absolute Gasteiger partial charge is 0.129 e. The molecule has 2 atom stereocenters. The number of rotatable bonds is 6. The second-order valence-corrected chi connectivity index (χ2v) is 6.01. The molecule has 0 aliphatic carbocycles. The van der Waals surface area contributed by atoms with Crippen molar-refractivity contribution in [2.75, 3.05) is 20.1 Å². The summed E-state index contributed by atoms with van der Waals surface area (Å²) in [5, 5.41) is 0. The van der Waals surface area contributed by atoms with Gasteiger partial charge in [-0.2, -0.15) is 0 Å². The van der Waals surface area contributed by atoms with Crippen molar-refractivity contribution < 1.29 is 9.59 Å². The Morgan fingerprint density at radius 2 is 1.33 bits per heavy atom. The molecule has 0 saturated carbocycles. The van der Waals surface area contributed by atoms with E-state index in [2.05, 4.69) is 11.9 Å². The van der Waals surface area contributed by atoms with Crippen molar-refractivity contribution in [3.05, 3.63) is 0 Å². The van der Waals surface area contributed by atoms with Gasteiger partial charge < -0.3 is 14.5 Å². The Balaban J connectivity index is 2.37. The molecule has 0 radical (unpaired) electrons. The van der Waals surface area contributed by atoms with E-state index < -0.39 is 0 Å². The number of likely N-dealkylation sites (tertiary alicyclic amines) is 1. The van der Waals surface area contributed by atoms with E-state index in [-0.39, 0.29) is 0 Å². The minimum atomic E-state index is 0.301. The van der Waals surface area contributed by atoms with Gasteiger partial charge in [-0.3, -0.25) is 0 Å². The SMILES string of the molecule is CC(=O)CC[C@@H]1CC[C@H](CCC(C)=O)CN(C)C1. The normalized spacial score (nSPS) is 25.7. The van der Waals surface area contributed by atoms with Crippen LogP contribution in [0.1, 0.15) is 52.4 Å². The molecule has 1 aliphatic heterocycles. The summed E-state index contributed by atoms with van der Waals surface area (Å²) in [7, 11) is 2.16. The van der Waals surface area contributed by atoms with Crippen LogP contribution in [-0.4, -0.2) is 36.6 Å². The Morgan fingerprint density at radius 3 is 1.67 bits per heavy atom. The largest absolute Gasteiger partial charge is 0.306 e. The standard InChI is InChI=1S/C15H27NO2/c1-12(17)4-6-14-8-9-15(7-5-13(2)18)11-16(3)10-14/h14-15H,4-11H2,1-3H3/t14-,15+. The number of carbonyl (C=O) groups is 2. The van der Waals surface area contributed by atoms with Gasteiger partial charge in [0.1, 0.15) is 11.6 Å². The molecule has 0 amide bonds. The van der Waals surface area contributed by atoms with Crippen LogP contribution in [0.25, 0.3) is 0 Å². The lowest BCUT2D eigenvalue weighted by molar-refractivity contribution is -0.118. The van der Waals surface area contributed by atoms with Crippen LogP contribution in [0.15, 0.2) is 0 Å². The summed E-state index contributed by atoms with van der Waals surface area (Å²) < 4.78 is 0. The van der Waals surface area contributed by atoms with Crippen molar-refractivity contribution in [2.45, 2.75) is 52.4 Å². The summed E-state index contributed by atoms with van der Waals surface area (Å²) in [5.41, 5.74) is 0. The molecule has 18 heavy (non-hydrogen) atoms. The predicted molar refractivity (Wildman–Crippen MR) is 73.5 cm³/mol. The van der Waals surface area contributed by atoms with Gasteiger partial charge in [0, 0.05) is 25.9 Å². The van der Waals surface area contributed by atoms with Gasteiger partial charge >= 0.3 is 0 Å². The van der Waals surface area contributed by atoms with Crippen LogP contribution in [0.2, 0.25) is 0 Å². The minimum absolute atomic E-state index is 0.301. The Labute approximate surface area is 111 Å². The van der Waals surface area contributed by atoms with E-state index in [1.54, 1.807) is 13.8 Å². The lowest BCUT2D eigenvalue weighted by Crippen LogP contribution is -2.27. The fourth-order valence-corrected chi connectivity index (χ4v) is 2.90. The second kappa shape index (κ2) is 7.67. The molecule has 0 aromatic rings. The fraction of sp³-hybridized carbons (Fsp3) is 0.867. The van der Waals surface area contributed by atoms with Gasteiger partial charge in [0.15, 0.2) is 0 Å². The highest BCUT2D eigenvalue weighted by Gasteiger charge is 2.22. The molecule has 1 heterocycles. The van der Waals surface area contributed by atoms with E-state index >= 15 is 0 Å². The summed E-state index contributed by atoms with van der Waals surface area (Å²) in [5.74, 6) is 1.91. The molecule has 0 aromatic carbocycles. The van der Waals surface area contributed by atoms with Crippen molar-refractivity contribution in [3.63, 3.8) is 0 Å². The van der Waals surface area contributed by atoms with E-state index in [1.165, 1.54) is 12.8 Å². The topological polar surface area (TPSA) is 37.4 Å². The van der Waals surface area contributed by atoms with E-state index in [1.807, 2.05) is 0 Å².